The van der Waals surface area contributed by atoms with Crippen molar-refractivity contribution in [2.24, 2.45) is 0 Å². The molecule has 1 N–H and O–H groups in total. The first kappa shape index (κ1) is 17.8. The van der Waals surface area contributed by atoms with E-state index in [2.05, 4.69) is 4.72 Å². The van der Waals surface area contributed by atoms with E-state index in [1.54, 1.807) is 17.0 Å². The van der Waals surface area contributed by atoms with Crippen LogP contribution in [0.5, 0.6) is 0 Å². The number of nitrogens with one attached hydrogen (secondary N) is 1. The van der Waals surface area contributed by atoms with E-state index >= 15 is 0 Å². The lowest BCUT2D eigenvalue weighted by Gasteiger charge is -2.32. The SMILES string of the molecule is CN(C)S(=O)(=O)NC1CCN(C(=O)Cc2ccc(F)cc2)CC1. The van der Waals surface area contributed by atoms with Crippen molar-refractivity contribution in [3.63, 3.8) is 0 Å². The maximum Gasteiger partial charge on any atom is 0.279 e. The Morgan fingerprint density at radius 1 is 1.26 bits per heavy atom. The van der Waals surface area contributed by atoms with Crippen LogP contribution in [0.25, 0.3) is 0 Å². The van der Waals surface area contributed by atoms with E-state index in [9.17, 15) is 17.6 Å². The first-order valence-corrected chi connectivity index (χ1v) is 8.94. The fraction of sp³-hybridized carbons (Fsp3) is 0.533. The molecule has 0 spiro atoms. The van der Waals surface area contributed by atoms with Gasteiger partial charge in [-0.15, -0.1) is 0 Å². The second kappa shape index (κ2) is 7.37. The third-order valence-corrected chi connectivity index (χ3v) is 5.51. The number of likely N-dealkylation sites (tertiary alicyclic amines) is 1. The Morgan fingerprint density at radius 3 is 2.35 bits per heavy atom. The number of carbonyl (C=O) groups excluding carboxylic acids is 1. The maximum atomic E-state index is 12.9. The van der Waals surface area contributed by atoms with Crippen molar-refractivity contribution in [3.05, 3.63) is 35.6 Å². The standard InChI is InChI=1S/C15H22FN3O3S/c1-18(2)23(21,22)17-14-7-9-19(10-8-14)15(20)11-12-3-5-13(16)6-4-12/h3-6,14,17H,7-11H2,1-2H3. The number of hydrogen-bond donors (Lipinski definition) is 1. The molecule has 1 aromatic carbocycles. The highest BCUT2D eigenvalue weighted by molar-refractivity contribution is 7.87. The van der Waals surface area contributed by atoms with E-state index in [1.807, 2.05) is 0 Å². The molecule has 0 atom stereocenters. The Hall–Kier alpha value is -1.51. The molecule has 8 heteroatoms. The monoisotopic (exact) mass is 343 g/mol. The lowest BCUT2D eigenvalue weighted by molar-refractivity contribution is -0.131. The number of benzene rings is 1. The minimum absolute atomic E-state index is 0.0227. The maximum absolute atomic E-state index is 12.9. The number of rotatable bonds is 5. The lowest BCUT2D eigenvalue weighted by Crippen LogP contribution is -2.49. The van der Waals surface area contributed by atoms with Gasteiger partial charge in [-0.1, -0.05) is 12.1 Å². The smallest absolute Gasteiger partial charge is 0.279 e. The highest BCUT2D eigenvalue weighted by Gasteiger charge is 2.26. The zero-order chi connectivity index (χ0) is 17.0. The molecular weight excluding hydrogens is 321 g/mol. The largest absolute Gasteiger partial charge is 0.342 e. The van der Waals surface area contributed by atoms with Gasteiger partial charge in [0, 0.05) is 33.2 Å². The van der Waals surface area contributed by atoms with Crippen molar-refractivity contribution in [2.45, 2.75) is 25.3 Å². The van der Waals surface area contributed by atoms with Crippen molar-refractivity contribution in [2.75, 3.05) is 27.2 Å². The summed E-state index contributed by atoms with van der Waals surface area (Å²) in [4.78, 5) is 14.0. The summed E-state index contributed by atoms with van der Waals surface area (Å²) >= 11 is 0. The summed E-state index contributed by atoms with van der Waals surface area (Å²) < 4.78 is 40.2. The molecule has 1 aliphatic heterocycles. The normalized spacial score (nSPS) is 16.8. The Kier molecular flexibility index (Phi) is 5.72. The summed E-state index contributed by atoms with van der Waals surface area (Å²) in [6, 6.07) is 5.73. The minimum atomic E-state index is -3.44. The molecule has 1 saturated heterocycles. The van der Waals surface area contributed by atoms with Crippen molar-refractivity contribution in [1.82, 2.24) is 13.9 Å². The first-order valence-electron chi connectivity index (χ1n) is 7.50. The average molecular weight is 343 g/mol. The van der Waals surface area contributed by atoms with Gasteiger partial charge in [-0.3, -0.25) is 4.79 Å². The molecule has 23 heavy (non-hydrogen) atoms. The molecule has 1 heterocycles. The van der Waals surface area contributed by atoms with E-state index < -0.39 is 10.2 Å². The predicted octanol–water partition coefficient (Wildman–Crippen LogP) is 0.755. The van der Waals surface area contributed by atoms with Crippen molar-refractivity contribution in [1.29, 1.82) is 0 Å². The van der Waals surface area contributed by atoms with E-state index in [4.69, 9.17) is 0 Å². The third kappa shape index (κ3) is 4.98. The van der Waals surface area contributed by atoms with E-state index in [-0.39, 0.29) is 24.2 Å². The molecule has 128 valence electrons. The zero-order valence-electron chi connectivity index (χ0n) is 13.3. The second-order valence-corrected chi connectivity index (χ2v) is 7.78. The molecule has 2 rings (SSSR count). The van der Waals surface area contributed by atoms with E-state index in [0.717, 1.165) is 9.87 Å². The van der Waals surface area contributed by atoms with Crippen LogP contribution < -0.4 is 4.72 Å². The molecule has 1 fully saturated rings. The second-order valence-electron chi connectivity index (χ2n) is 5.86. The molecule has 0 aromatic heterocycles. The summed E-state index contributed by atoms with van der Waals surface area (Å²) in [6.07, 6.45) is 1.40. The molecule has 0 bridgehead atoms. The molecule has 1 aliphatic rings. The van der Waals surface area contributed by atoms with Crippen LogP contribution in [0.1, 0.15) is 18.4 Å². The van der Waals surface area contributed by atoms with Crippen LogP contribution in [-0.4, -0.2) is 56.8 Å². The predicted molar refractivity (Wildman–Crippen MR) is 85.4 cm³/mol. The van der Waals surface area contributed by atoms with Crippen LogP contribution in [0.15, 0.2) is 24.3 Å². The van der Waals surface area contributed by atoms with Gasteiger partial charge in [0.25, 0.3) is 10.2 Å². The Bertz CT molecular complexity index is 638. The first-order chi connectivity index (χ1) is 10.8. The summed E-state index contributed by atoms with van der Waals surface area (Å²) in [7, 11) is -0.492. The number of carbonyl (C=O) groups is 1. The van der Waals surface area contributed by atoms with Gasteiger partial charge in [0.15, 0.2) is 0 Å². The van der Waals surface area contributed by atoms with Crippen LogP contribution in [0.2, 0.25) is 0 Å². The number of nitrogens with zero attached hydrogens (tertiary/aromatic N) is 2. The van der Waals surface area contributed by atoms with E-state index in [0.29, 0.717) is 25.9 Å². The summed E-state index contributed by atoms with van der Waals surface area (Å²) in [5, 5.41) is 0. The highest BCUT2D eigenvalue weighted by Crippen LogP contribution is 2.14. The summed E-state index contributed by atoms with van der Waals surface area (Å²) in [5.74, 6) is -0.347. The van der Waals surface area contributed by atoms with Gasteiger partial charge in [-0.2, -0.15) is 17.4 Å². The lowest BCUT2D eigenvalue weighted by atomic mass is 10.0. The quantitative estimate of drug-likeness (QED) is 0.858. The Balaban J connectivity index is 1.84. The number of halogens is 1. The average Bonchev–Trinajstić information content (AvgIpc) is 2.49. The zero-order valence-corrected chi connectivity index (χ0v) is 14.1. The molecule has 1 amide bonds. The van der Waals surface area contributed by atoms with Gasteiger partial charge in [0.1, 0.15) is 5.82 Å². The van der Waals surface area contributed by atoms with Crippen molar-refractivity contribution < 1.29 is 17.6 Å². The van der Waals surface area contributed by atoms with Crippen molar-refractivity contribution in [3.8, 4) is 0 Å². The molecule has 6 nitrogen and oxygen atoms in total. The van der Waals surface area contributed by atoms with Gasteiger partial charge >= 0.3 is 0 Å². The van der Waals surface area contributed by atoms with Gasteiger partial charge < -0.3 is 4.90 Å². The van der Waals surface area contributed by atoms with Crippen LogP contribution in [0.4, 0.5) is 4.39 Å². The number of hydrogen-bond acceptors (Lipinski definition) is 3. The third-order valence-electron chi connectivity index (χ3n) is 3.91. The van der Waals surface area contributed by atoms with Crippen LogP contribution in [0, 0.1) is 5.82 Å². The molecule has 0 saturated carbocycles. The molecular formula is C15H22FN3O3S. The molecule has 0 unspecified atom stereocenters. The summed E-state index contributed by atoms with van der Waals surface area (Å²) in [5.41, 5.74) is 0.770. The minimum Gasteiger partial charge on any atom is -0.342 e. The highest BCUT2D eigenvalue weighted by atomic mass is 32.2. The van der Waals surface area contributed by atoms with Gasteiger partial charge in [0.2, 0.25) is 5.91 Å². The summed E-state index contributed by atoms with van der Waals surface area (Å²) in [6.45, 7) is 1.03. The van der Waals surface area contributed by atoms with Crippen LogP contribution in [-0.2, 0) is 21.4 Å². The van der Waals surface area contributed by atoms with Gasteiger partial charge in [-0.25, -0.2) is 4.39 Å². The number of amides is 1. The van der Waals surface area contributed by atoms with Gasteiger partial charge in [-0.05, 0) is 30.5 Å². The van der Waals surface area contributed by atoms with E-state index in [1.165, 1.54) is 26.2 Å². The van der Waals surface area contributed by atoms with Crippen LogP contribution in [0.3, 0.4) is 0 Å². The molecule has 1 aromatic rings. The molecule has 0 radical (unpaired) electrons. The topological polar surface area (TPSA) is 69.7 Å². The van der Waals surface area contributed by atoms with Crippen LogP contribution >= 0.6 is 0 Å². The fourth-order valence-electron chi connectivity index (χ4n) is 2.45. The Morgan fingerprint density at radius 2 is 1.83 bits per heavy atom. The Labute approximate surface area is 136 Å². The van der Waals surface area contributed by atoms with Crippen molar-refractivity contribution >= 4 is 16.1 Å². The van der Waals surface area contributed by atoms with Gasteiger partial charge in [0.05, 0.1) is 6.42 Å². The fourth-order valence-corrected chi connectivity index (χ4v) is 3.32. The number of piperidine rings is 1. The molecule has 0 aliphatic carbocycles.